The standard InChI is InChI=1S/C25H24BrN3O6/c1-3-35-25(31)17-8-9-20(21(15-17)29(32)33)27-10-12-28(13-11-27)24(30)19-14-16-6-4-5-7-18(16)22(26)23(19)34-2/h4-9,14-15H,3,10-13H2,1-2H3. The molecular weight excluding hydrogens is 518 g/mol. The zero-order chi connectivity index (χ0) is 25.1. The average Bonchev–Trinajstić information content (AvgIpc) is 2.88. The van der Waals surface area contributed by atoms with Gasteiger partial charge in [-0.3, -0.25) is 14.9 Å². The Bertz CT molecular complexity index is 1300. The molecule has 182 valence electrons. The number of carbonyl (C=O) groups excluding carboxylic acids is 2. The molecular formula is C25H24BrN3O6. The van der Waals surface area contributed by atoms with Crippen molar-refractivity contribution >= 4 is 50.0 Å². The highest BCUT2D eigenvalue weighted by atomic mass is 79.9. The Labute approximate surface area is 210 Å². The monoisotopic (exact) mass is 541 g/mol. The van der Waals surface area contributed by atoms with Crippen LogP contribution in [0.3, 0.4) is 0 Å². The lowest BCUT2D eigenvalue weighted by Gasteiger charge is -2.36. The minimum atomic E-state index is -0.604. The fraction of sp³-hybridized carbons (Fsp3) is 0.280. The largest absolute Gasteiger partial charge is 0.495 e. The average molecular weight is 542 g/mol. The summed E-state index contributed by atoms with van der Waals surface area (Å²) in [6.07, 6.45) is 0. The molecule has 0 N–H and O–H groups in total. The Morgan fingerprint density at radius 1 is 1.09 bits per heavy atom. The summed E-state index contributed by atoms with van der Waals surface area (Å²) < 4.78 is 11.2. The highest BCUT2D eigenvalue weighted by Crippen LogP contribution is 2.37. The molecule has 0 unspecified atom stereocenters. The molecule has 0 aromatic heterocycles. The summed E-state index contributed by atoms with van der Waals surface area (Å²) in [5.74, 6) is -0.297. The van der Waals surface area contributed by atoms with Crippen LogP contribution >= 0.6 is 15.9 Å². The van der Waals surface area contributed by atoms with Crippen molar-refractivity contribution in [1.82, 2.24) is 4.90 Å². The second-order valence-corrected chi connectivity index (χ2v) is 8.75. The predicted octanol–water partition coefficient (Wildman–Crippen LogP) is 4.66. The quantitative estimate of drug-likeness (QED) is 0.254. The molecule has 1 aliphatic heterocycles. The molecule has 1 saturated heterocycles. The molecule has 0 bridgehead atoms. The number of halogens is 1. The minimum absolute atomic E-state index is 0.130. The number of benzene rings is 3. The smallest absolute Gasteiger partial charge is 0.338 e. The molecule has 3 aromatic rings. The van der Waals surface area contributed by atoms with E-state index in [4.69, 9.17) is 9.47 Å². The second-order valence-electron chi connectivity index (χ2n) is 7.95. The number of nitro benzene ring substituents is 1. The number of piperazine rings is 1. The fourth-order valence-electron chi connectivity index (χ4n) is 4.24. The van der Waals surface area contributed by atoms with Gasteiger partial charge in [0.2, 0.25) is 0 Å². The summed E-state index contributed by atoms with van der Waals surface area (Å²) in [6.45, 7) is 3.42. The van der Waals surface area contributed by atoms with Crippen molar-refractivity contribution in [3.63, 3.8) is 0 Å². The zero-order valence-electron chi connectivity index (χ0n) is 19.3. The van der Waals surface area contributed by atoms with E-state index < -0.39 is 10.9 Å². The van der Waals surface area contributed by atoms with Crippen molar-refractivity contribution in [2.75, 3.05) is 44.8 Å². The van der Waals surface area contributed by atoms with Crippen LogP contribution in [0.2, 0.25) is 0 Å². The van der Waals surface area contributed by atoms with Gasteiger partial charge in [-0.2, -0.15) is 0 Å². The van der Waals surface area contributed by atoms with Crippen molar-refractivity contribution in [3.05, 3.63) is 74.2 Å². The van der Waals surface area contributed by atoms with Crippen molar-refractivity contribution in [3.8, 4) is 5.75 Å². The molecule has 1 aliphatic rings. The van der Waals surface area contributed by atoms with Gasteiger partial charge in [0.15, 0.2) is 0 Å². The number of anilines is 1. The normalized spacial score (nSPS) is 13.6. The third-order valence-electron chi connectivity index (χ3n) is 5.97. The van der Waals surface area contributed by atoms with Crippen LogP contribution in [-0.2, 0) is 4.74 Å². The number of rotatable bonds is 6. The maximum atomic E-state index is 13.4. The van der Waals surface area contributed by atoms with E-state index in [1.165, 1.54) is 19.2 Å². The van der Waals surface area contributed by atoms with Gasteiger partial charge in [-0.25, -0.2) is 4.79 Å². The lowest BCUT2D eigenvalue weighted by atomic mass is 10.0. The summed E-state index contributed by atoms with van der Waals surface area (Å²) in [7, 11) is 1.53. The molecule has 1 heterocycles. The molecule has 0 radical (unpaired) electrons. The van der Waals surface area contributed by atoms with Crippen LogP contribution in [0.15, 0.2) is 53.0 Å². The van der Waals surface area contributed by atoms with Crippen molar-refractivity contribution in [2.45, 2.75) is 6.92 Å². The van der Waals surface area contributed by atoms with Crippen LogP contribution in [0.5, 0.6) is 5.75 Å². The molecule has 35 heavy (non-hydrogen) atoms. The Morgan fingerprint density at radius 3 is 2.46 bits per heavy atom. The summed E-state index contributed by atoms with van der Waals surface area (Å²) in [4.78, 5) is 40.2. The Balaban J connectivity index is 1.55. The number of fused-ring (bicyclic) bond motifs is 1. The third-order valence-corrected chi connectivity index (χ3v) is 6.75. The Kier molecular flexibility index (Phi) is 7.20. The first-order valence-electron chi connectivity index (χ1n) is 11.1. The van der Waals surface area contributed by atoms with E-state index in [-0.39, 0.29) is 23.8 Å². The summed E-state index contributed by atoms with van der Waals surface area (Å²) in [5, 5.41) is 13.6. The van der Waals surface area contributed by atoms with Gasteiger partial charge >= 0.3 is 5.97 Å². The number of esters is 1. The van der Waals surface area contributed by atoms with Gasteiger partial charge in [-0.1, -0.05) is 24.3 Å². The molecule has 9 nitrogen and oxygen atoms in total. The first-order valence-corrected chi connectivity index (χ1v) is 11.9. The number of hydrogen-bond donors (Lipinski definition) is 0. The Hall–Kier alpha value is -3.66. The van der Waals surface area contributed by atoms with Crippen LogP contribution < -0.4 is 9.64 Å². The van der Waals surface area contributed by atoms with E-state index in [1.807, 2.05) is 35.2 Å². The highest BCUT2D eigenvalue weighted by Gasteiger charge is 2.29. The number of nitro groups is 1. The van der Waals surface area contributed by atoms with Crippen LogP contribution in [0.4, 0.5) is 11.4 Å². The van der Waals surface area contributed by atoms with E-state index >= 15 is 0 Å². The van der Waals surface area contributed by atoms with Crippen molar-refractivity contribution in [2.24, 2.45) is 0 Å². The van der Waals surface area contributed by atoms with E-state index in [0.717, 1.165) is 15.2 Å². The third kappa shape index (κ3) is 4.79. The summed E-state index contributed by atoms with van der Waals surface area (Å²) >= 11 is 3.57. The number of amides is 1. The number of ether oxygens (including phenoxy) is 2. The van der Waals surface area contributed by atoms with Gasteiger partial charge in [0, 0.05) is 32.2 Å². The molecule has 10 heteroatoms. The molecule has 0 saturated carbocycles. The molecule has 4 rings (SSSR count). The molecule has 0 spiro atoms. The van der Waals surface area contributed by atoms with Gasteiger partial charge in [0.1, 0.15) is 11.4 Å². The maximum absolute atomic E-state index is 13.4. The predicted molar refractivity (Wildman–Crippen MR) is 135 cm³/mol. The molecule has 3 aromatic carbocycles. The summed E-state index contributed by atoms with van der Waals surface area (Å²) in [5.41, 5.74) is 0.818. The second kappa shape index (κ2) is 10.3. The van der Waals surface area contributed by atoms with E-state index in [2.05, 4.69) is 15.9 Å². The van der Waals surface area contributed by atoms with Crippen LogP contribution in [0, 0.1) is 10.1 Å². The van der Waals surface area contributed by atoms with Gasteiger partial charge in [0.25, 0.3) is 11.6 Å². The molecule has 1 amide bonds. The number of carbonyl (C=O) groups is 2. The highest BCUT2D eigenvalue weighted by molar-refractivity contribution is 9.10. The first-order chi connectivity index (χ1) is 16.8. The first kappa shape index (κ1) is 24.5. The number of nitrogens with zero attached hydrogens (tertiary/aromatic N) is 3. The topological polar surface area (TPSA) is 102 Å². The van der Waals surface area contributed by atoms with Gasteiger partial charge in [-0.15, -0.1) is 0 Å². The van der Waals surface area contributed by atoms with E-state index in [9.17, 15) is 19.7 Å². The number of methoxy groups -OCH3 is 1. The van der Waals surface area contributed by atoms with Crippen LogP contribution in [-0.4, -0.2) is 61.6 Å². The van der Waals surface area contributed by atoms with Crippen LogP contribution in [0.1, 0.15) is 27.6 Å². The summed E-state index contributed by atoms with van der Waals surface area (Å²) in [6, 6.07) is 13.9. The zero-order valence-corrected chi connectivity index (χ0v) is 20.9. The van der Waals surface area contributed by atoms with Crippen molar-refractivity contribution in [1.29, 1.82) is 0 Å². The van der Waals surface area contributed by atoms with Gasteiger partial charge < -0.3 is 19.3 Å². The van der Waals surface area contributed by atoms with Crippen molar-refractivity contribution < 1.29 is 24.0 Å². The van der Waals surface area contributed by atoms with Gasteiger partial charge in [0.05, 0.1) is 34.2 Å². The SMILES string of the molecule is CCOC(=O)c1ccc(N2CCN(C(=O)c3cc4ccccc4c(Br)c3OC)CC2)c([N+](=O)[O-])c1. The minimum Gasteiger partial charge on any atom is -0.495 e. The fourth-order valence-corrected chi connectivity index (χ4v) is 4.98. The van der Waals surface area contributed by atoms with E-state index in [0.29, 0.717) is 43.2 Å². The molecule has 0 atom stereocenters. The lowest BCUT2D eigenvalue weighted by Crippen LogP contribution is -2.49. The maximum Gasteiger partial charge on any atom is 0.338 e. The lowest BCUT2D eigenvalue weighted by molar-refractivity contribution is -0.384. The van der Waals surface area contributed by atoms with Crippen LogP contribution in [0.25, 0.3) is 10.8 Å². The molecule has 0 aliphatic carbocycles. The number of hydrogen-bond acceptors (Lipinski definition) is 7. The Morgan fingerprint density at radius 2 is 1.80 bits per heavy atom. The molecule has 1 fully saturated rings. The van der Waals surface area contributed by atoms with E-state index in [1.54, 1.807) is 17.9 Å². The van der Waals surface area contributed by atoms with Gasteiger partial charge in [-0.05, 0) is 51.8 Å².